The van der Waals surface area contributed by atoms with Crippen molar-refractivity contribution in [1.29, 1.82) is 0 Å². The molecule has 1 saturated carbocycles. The van der Waals surface area contributed by atoms with Crippen molar-refractivity contribution in [2.45, 2.75) is 51.5 Å². The second-order valence-electron chi connectivity index (χ2n) is 6.33. The summed E-state index contributed by atoms with van der Waals surface area (Å²) in [6.07, 6.45) is 8.14. The van der Waals surface area contributed by atoms with Gasteiger partial charge in [-0.1, -0.05) is 41.8 Å². The van der Waals surface area contributed by atoms with Gasteiger partial charge < -0.3 is 5.32 Å². The minimum absolute atomic E-state index is 0.554. The average molecular weight is 308 g/mol. The molecule has 0 saturated heterocycles. The van der Waals surface area contributed by atoms with Crippen LogP contribution in [0.15, 0.2) is 22.7 Å². The van der Waals surface area contributed by atoms with E-state index in [0.717, 1.165) is 0 Å². The van der Waals surface area contributed by atoms with Crippen molar-refractivity contribution in [3.8, 4) is 0 Å². The van der Waals surface area contributed by atoms with Crippen LogP contribution in [-0.2, 0) is 6.42 Å². The number of hydrogen-bond donors (Lipinski definition) is 1. The molecule has 0 spiro atoms. The molecule has 0 heterocycles. The van der Waals surface area contributed by atoms with Crippen LogP contribution in [0.5, 0.6) is 0 Å². The Balaban J connectivity index is 1.66. The predicted molar refractivity (Wildman–Crippen MR) is 79.8 cm³/mol. The minimum Gasteiger partial charge on any atom is -0.309 e. The van der Waals surface area contributed by atoms with Gasteiger partial charge in [-0.05, 0) is 54.4 Å². The van der Waals surface area contributed by atoms with E-state index in [4.69, 9.17) is 0 Å². The fourth-order valence-corrected chi connectivity index (χ4v) is 3.98. The number of nitrogens with one attached hydrogen (secondary N) is 1. The van der Waals surface area contributed by atoms with Crippen molar-refractivity contribution < 1.29 is 0 Å². The van der Waals surface area contributed by atoms with Crippen molar-refractivity contribution >= 4 is 15.9 Å². The Morgan fingerprint density at radius 2 is 2.11 bits per heavy atom. The van der Waals surface area contributed by atoms with Crippen LogP contribution in [0.1, 0.15) is 56.2 Å². The van der Waals surface area contributed by atoms with Crippen molar-refractivity contribution in [1.82, 2.24) is 5.32 Å². The number of rotatable bonds is 3. The average Bonchev–Trinajstić information content (AvgIpc) is 2.93. The molecule has 2 aliphatic carbocycles. The smallest absolute Gasteiger partial charge is 0.0326 e. The van der Waals surface area contributed by atoms with Gasteiger partial charge in [0.25, 0.3) is 0 Å². The van der Waals surface area contributed by atoms with Crippen LogP contribution < -0.4 is 5.32 Å². The van der Waals surface area contributed by atoms with Crippen LogP contribution in [0.3, 0.4) is 0 Å². The van der Waals surface area contributed by atoms with Crippen LogP contribution in [-0.4, -0.2) is 6.54 Å². The topological polar surface area (TPSA) is 12.0 Å². The maximum atomic E-state index is 3.82. The highest BCUT2D eigenvalue weighted by Gasteiger charge is 2.30. The molecule has 2 heteroatoms. The molecule has 1 unspecified atom stereocenters. The van der Waals surface area contributed by atoms with Gasteiger partial charge in [-0.3, -0.25) is 0 Å². The zero-order valence-corrected chi connectivity index (χ0v) is 12.7. The van der Waals surface area contributed by atoms with Crippen molar-refractivity contribution in [3.05, 3.63) is 33.8 Å². The summed E-state index contributed by atoms with van der Waals surface area (Å²) in [7, 11) is 0. The van der Waals surface area contributed by atoms with Gasteiger partial charge in [0.15, 0.2) is 0 Å². The molecule has 0 aromatic heterocycles. The van der Waals surface area contributed by atoms with Gasteiger partial charge in [0.2, 0.25) is 0 Å². The van der Waals surface area contributed by atoms with Crippen molar-refractivity contribution in [3.63, 3.8) is 0 Å². The minimum atomic E-state index is 0.554. The lowest BCUT2D eigenvalue weighted by Crippen LogP contribution is -2.31. The lowest BCUT2D eigenvalue weighted by molar-refractivity contribution is 0.297. The van der Waals surface area contributed by atoms with E-state index in [1.807, 2.05) is 0 Å². The van der Waals surface area contributed by atoms with Gasteiger partial charge in [-0.15, -0.1) is 0 Å². The molecule has 1 N–H and O–H groups in total. The SMILES string of the molecule is CC1(CNC2CCc3cc(Br)ccc32)CCCC1. The molecule has 0 radical (unpaired) electrons. The van der Waals surface area contributed by atoms with Gasteiger partial charge in [0.1, 0.15) is 0 Å². The molecule has 1 atom stereocenters. The summed E-state index contributed by atoms with van der Waals surface area (Å²) < 4.78 is 1.21. The lowest BCUT2D eigenvalue weighted by Gasteiger charge is -2.26. The second kappa shape index (κ2) is 4.97. The zero-order chi connectivity index (χ0) is 12.6. The first-order valence-corrected chi connectivity index (χ1v) is 7.97. The molecule has 1 aromatic rings. The van der Waals surface area contributed by atoms with Crippen molar-refractivity contribution in [2.24, 2.45) is 5.41 Å². The highest BCUT2D eigenvalue weighted by molar-refractivity contribution is 9.10. The molecule has 0 bridgehead atoms. The molecule has 3 rings (SSSR count). The first kappa shape index (κ1) is 12.7. The molecule has 18 heavy (non-hydrogen) atoms. The lowest BCUT2D eigenvalue weighted by atomic mass is 9.88. The summed E-state index contributed by atoms with van der Waals surface area (Å²) >= 11 is 3.57. The fraction of sp³-hybridized carbons (Fsp3) is 0.625. The Kier molecular flexibility index (Phi) is 3.50. The highest BCUT2D eigenvalue weighted by atomic mass is 79.9. The quantitative estimate of drug-likeness (QED) is 0.860. The van der Waals surface area contributed by atoms with E-state index in [0.29, 0.717) is 11.5 Å². The molecule has 0 amide bonds. The third-order valence-corrected chi connectivity index (χ3v) is 5.26. The summed E-state index contributed by atoms with van der Waals surface area (Å²) in [6.45, 7) is 3.64. The van der Waals surface area contributed by atoms with Gasteiger partial charge >= 0.3 is 0 Å². The Morgan fingerprint density at radius 3 is 2.89 bits per heavy atom. The Hall–Kier alpha value is -0.340. The number of halogens is 1. The molecule has 1 nitrogen and oxygen atoms in total. The summed E-state index contributed by atoms with van der Waals surface area (Å²) in [5.74, 6) is 0. The Labute approximate surface area is 118 Å². The van der Waals surface area contributed by atoms with E-state index in [1.165, 1.54) is 60.7 Å². The van der Waals surface area contributed by atoms with E-state index < -0.39 is 0 Å². The summed E-state index contributed by atoms with van der Waals surface area (Å²) in [5.41, 5.74) is 3.61. The Morgan fingerprint density at radius 1 is 1.33 bits per heavy atom. The van der Waals surface area contributed by atoms with Gasteiger partial charge in [-0.25, -0.2) is 0 Å². The number of hydrogen-bond acceptors (Lipinski definition) is 1. The zero-order valence-electron chi connectivity index (χ0n) is 11.1. The van der Waals surface area contributed by atoms with Gasteiger partial charge in [0, 0.05) is 17.1 Å². The normalized spacial score (nSPS) is 25.3. The van der Waals surface area contributed by atoms with Crippen LogP contribution in [0.25, 0.3) is 0 Å². The molecule has 2 aliphatic rings. The fourth-order valence-electron chi connectivity index (χ4n) is 3.57. The maximum Gasteiger partial charge on any atom is 0.0326 e. The highest BCUT2D eigenvalue weighted by Crippen LogP contribution is 2.39. The van der Waals surface area contributed by atoms with Crippen molar-refractivity contribution in [2.75, 3.05) is 6.54 Å². The monoisotopic (exact) mass is 307 g/mol. The number of benzene rings is 1. The van der Waals surface area contributed by atoms with E-state index in [-0.39, 0.29) is 0 Å². The second-order valence-corrected chi connectivity index (χ2v) is 7.25. The summed E-state index contributed by atoms with van der Waals surface area (Å²) in [6, 6.07) is 7.34. The molecule has 98 valence electrons. The first-order valence-electron chi connectivity index (χ1n) is 7.18. The molecular formula is C16H22BrN. The van der Waals surface area contributed by atoms with Crippen LogP contribution in [0.4, 0.5) is 0 Å². The Bertz CT molecular complexity index is 435. The third kappa shape index (κ3) is 2.50. The van der Waals surface area contributed by atoms with E-state index >= 15 is 0 Å². The molecule has 1 aromatic carbocycles. The molecular weight excluding hydrogens is 286 g/mol. The van der Waals surface area contributed by atoms with Gasteiger partial charge in [0.05, 0.1) is 0 Å². The van der Waals surface area contributed by atoms with Gasteiger partial charge in [-0.2, -0.15) is 0 Å². The van der Waals surface area contributed by atoms with E-state index in [9.17, 15) is 0 Å². The van der Waals surface area contributed by atoms with Crippen LogP contribution in [0, 0.1) is 5.41 Å². The molecule has 1 fully saturated rings. The van der Waals surface area contributed by atoms with E-state index in [1.54, 1.807) is 0 Å². The number of fused-ring (bicyclic) bond motifs is 1. The molecule has 0 aliphatic heterocycles. The predicted octanol–water partition coefficient (Wildman–Crippen LogP) is 4.61. The third-order valence-electron chi connectivity index (χ3n) is 4.77. The maximum absolute atomic E-state index is 3.82. The first-order chi connectivity index (χ1) is 8.66. The largest absolute Gasteiger partial charge is 0.309 e. The van der Waals surface area contributed by atoms with Crippen LogP contribution >= 0.6 is 15.9 Å². The standard InChI is InChI=1S/C16H22BrN/c1-16(8-2-3-9-16)11-18-15-7-4-12-10-13(17)5-6-14(12)15/h5-6,10,15,18H,2-4,7-9,11H2,1H3. The summed E-state index contributed by atoms with van der Waals surface area (Å²) in [5, 5.41) is 3.82. The van der Waals surface area contributed by atoms with Crippen LogP contribution in [0.2, 0.25) is 0 Å². The summed E-state index contributed by atoms with van der Waals surface area (Å²) in [4.78, 5) is 0. The van der Waals surface area contributed by atoms with E-state index in [2.05, 4.69) is 46.4 Å². The number of aryl methyl sites for hydroxylation is 1.